The minimum Gasteiger partial charge on any atom is -0.343 e. The van der Waals surface area contributed by atoms with E-state index in [0.29, 0.717) is 0 Å². The average molecular weight is 428 g/mol. The Kier molecular flexibility index (Phi) is 6.03. The summed E-state index contributed by atoms with van der Waals surface area (Å²) >= 11 is 6.20. The first-order chi connectivity index (χ1) is 12.8. The predicted molar refractivity (Wildman–Crippen MR) is 105 cm³/mol. The summed E-state index contributed by atoms with van der Waals surface area (Å²) in [5.74, 6) is -1.36. The van der Waals surface area contributed by atoms with Crippen molar-refractivity contribution >= 4 is 39.1 Å². The molecule has 0 bridgehead atoms. The molecule has 2 rings (SSSR count). The summed E-state index contributed by atoms with van der Waals surface area (Å²) in [6.07, 6.45) is 1.35. The van der Waals surface area contributed by atoms with Crippen LogP contribution in [0.5, 0.6) is 0 Å². The molecular weight excluding hydrogens is 409 g/mol. The van der Waals surface area contributed by atoms with Gasteiger partial charge in [0, 0.05) is 24.5 Å². The van der Waals surface area contributed by atoms with Crippen LogP contribution in [0.25, 0.3) is 0 Å². The number of carbonyl (C=O) groups is 1. The van der Waals surface area contributed by atoms with Gasteiger partial charge >= 0.3 is 0 Å². The predicted octanol–water partition coefficient (Wildman–Crippen LogP) is 2.99. The van der Waals surface area contributed by atoms with Gasteiger partial charge in [-0.1, -0.05) is 11.6 Å². The van der Waals surface area contributed by atoms with Crippen LogP contribution in [0.2, 0.25) is 5.02 Å². The Balaban J connectivity index is 2.28. The smallest absolute Gasteiger partial charge is 0.299 e. The number of anilines is 2. The maximum atomic E-state index is 13.4. The lowest BCUT2D eigenvalue weighted by atomic mass is 10.1. The second-order valence-electron chi connectivity index (χ2n) is 7.03. The van der Waals surface area contributed by atoms with E-state index in [1.165, 1.54) is 29.9 Å². The largest absolute Gasteiger partial charge is 0.343 e. The van der Waals surface area contributed by atoms with E-state index in [1.807, 2.05) is 0 Å². The van der Waals surface area contributed by atoms with E-state index in [9.17, 15) is 17.6 Å². The van der Waals surface area contributed by atoms with Gasteiger partial charge in [0.2, 0.25) is 0 Å². The van der Waals surface area contributed by atoms with E-state index in [4.69, 9.17) is 16.9 Å². The van der Waals surface area contributed by atoms with E-state index >= 15 is 0 Å². The molecule has 0 spiro atoms. The number of nitrogens with zero attached hydrogens (tertiary/aromatic N) is 2. The molecule has 0 aliphatic heterocycles. The molecular formula is C17H19ClFN5O3S. The first kappa shape index (κ1) is 21.7. The van der Waals surface area contributed by atoms with Crippen molar-refractivity contribution in [2.45, 2.75) is 26.3 Å². The topological polar surface area (TPSA) is 116 Å². The van der Waals surface area contributed by atoms with Crippen LogP contribution in [-0.2, 0) is 17.3 Å². The fourth-order valence-electron chi connectivity index (χ4n) is 2.38. The van der Waals surface area contributed by atoms with Crippen molar-refractivity contribution in [1.29, 1.82) is 5.26 Å². The van der Waals surface area contributed by atoms with Gasteiger partial charge < -0.3 is 9.88 Å². The van der Waals surface area contributed by atoms with Crippen molar-refractivity contribution < 1.29 is 17.6 Å². The molecule has 2 aromatic rings. The molecule has 150 valence electrons. The Labute approximate surface area is 167 Å². The summed E-state index contributed by atoms with van der Waals surface area (Å²) in [5.41, 5.74) is -0.746. The average Bonchev–Trinajstić information content (AvgIpc) is 2.80. The highest BCUT2D eigenvalue weighted by atomic mass is 35.5. The van der Waals surface area contributed by atoms with Crippen LogP contribution < -0.4 is 14.8 Å². The molecule has 0 saturated heterocycles. The summed E-state index contributed by atoms with van der Waals surface area (Å²) in [5, 5.41) is 11.3. The minimum atomic E-state index is -3.92. The number of aromatic nitrogens is 1. The minimum absolute atomic E-state index is 0.0158. The molecule has 0 radical (unpaired) electrons. The van der Waals surface area contributed by atoms with E-state index in [-0.39, 0.29) is 27.7 Å². The zero-order valence-corrected chi connectivity index (χ0v) is 17.2. The van der Waals surface area contributed by atoms with Crippen LogP contribution in [0.15, 0.2) is 24.4 Å². The second-order valence-corrected chi connectivity index (χ2v) is 8.83. The number of benzene rings is 1. The lowest BCUT2D eigenvalue weighted by molar-refractivity contribution is 0.101. The molecule has 0 atom stereocenters. The molecule has 8 nitrogen and oxygen atoms in total. The van der Waals surface area contributed by atoms with Crippen molar-refractivity contribution in [1.82, 2.24) is 9.29 Å². The number of hydrogen-bond donors (Lipinski definition) is 3. The van der Waals surface area contributed by atoms with Crippen LogP contribution in [0, 0.1) is 17.1 Å². The van der Waals surface area contributed by atoms with Gasteiger partial charge in [-0.05, 0) is 39.0 Å². The van der Waals surface area contributed by atoms with Gasteiger partial charge in [-0.25, -0.2) is 4.39 Å². The van der Waals surface area contributed by atoms with Crippen molar-refractivity contribution in [3.63, 3.8) is 0 Å². The maximum absolute atomic E-state index is 13.4. The van der Waals surface area contributed by atoms with Crippen molar-refractivity contribution in [2.24, 2.45) is 7.05 Å². The monoisotopic (exact) mass is 427 g/mol. The van der Waals surface area contributed by atoms with E-state index < -0.39 is 27.5 Å². The van der Waals surface area contributed by atoms with Gasteiger partial charge in [0.05, 0.1) is 16.3 Å². The molecule has 0 aliphatic rings. The third-order valence-corrected chi connectivity index (χ3v) is 5.12. The van der Waals surface area contributed by atoms with Gasteiger partial charge in [-0.3, -0.25) is 9.52 Å². The van der Waals surface area contributed by atoms with Crippen molar-refractivity contribution in [3.05, 3.63) is 46.5 Å². The highest BCUT2D eigenvalue weighted by Crippen LogP contribution is 2.29. The Bertz CT molecular complexity index is 1070. The van der Waals surface area contributed by atoms with E-state index in [2.05, 4.69) is 14.8 Å². The number of halogens is 2. The Morgan fingerprint density at radius 2 is 1.96 bits per heavy atom. The Morgan fingerprint density at radius 3 is 2.54 bits per heavy atom. The lowest BCUT2D eigenvalue weighted by Gasteiger charge is -2.20. The number of aryl methyl sites for hydroxylation is 1. The highest BCUT2D eigenvalue weighted by Gasteiger charge is 2.25. The van der Waals surface area contributed by atoms with Crippen molar-refractivity contribution in [3.8, 4) is 6.07 Å². The fraction of sp³-hybridized carbons (Fsp3) is 0.294. The fourth-order valence-corrected chi connectivity index (χ4v) is 4.05. The summed E-state index contributed by atoms with van der Waals surface area (Å²) in [4.78, 5) is 12.6. The molecule has 0 fully saturated rings. The van der Waals surface area contributed by atoms with E-state index in [1.54, 1.807) is 26.8 Å². The van der Waals surface area contributed by atoms with Gasteiger partial charge in [-0.2, -0.15) is 18.4 Å². The molecule has 1 aromatic carbocycles. The van der Waals surface area contributed by atoms with Gasteiger partial charge in [0.1, 0.15) is 17.6 Å². The molecule has 28 heavy (non-hydrogen) atoms. The Morgan fingerprint density at radius 1 is 1.32 bits per heavy atom. The normalized spacial score (nSPS) is 11.8. The Hall–Kier alpha value is -2.61. The SMILES string of the molecule is Cn1cc(NS(=O)(=O)NC(C)(C)C)c(Cl)c1C(=O)Nc1ccc(F)c(C#N)c1. The van der Waals surface area contributed by atoms with Gasteiger partial charge in [0.15, 0.2) is 0 Å². The van der Waals surface area contributed by atoms with Crippen LogP contribution in [0.1, 0.15) is 36.8 Å². The molecule has 0 aliphatic carbocycles. The molecule has 3 N–H and O–H groups in total. The van der Waals surface area contributed by atoms with Gasteiger partial charge in [-0.15, -0.1) is 0 Å². The van der Waals surface area contributed by atoms with Crippen LogP contribution in [-0.4, -0.2) is 24.4 Å². The molecule has 1 amide bonds. The molecule has 11 heteroatoms. The van der Waals surface area contributed by atoms with Crippen LogP contribution >= 0.6 is 11.6 Å². The lowest BCUT2D eigenvalue weighted by Crippen LogP contribution is -2.43. The number of rotatable bonds is 5. The quantitative estimate of drug-likeness (QED) is 0.680. The molecule has 0 unspecified atom stereocenters. The number of carbonyl (C=O) groups excluding carboxylic acids is 1. The summed E-state index contributed by atoms with van der Waals surface area (Å²) < 4.78 is 43.8. The summed E-state index contributed by atoms with van der Waals surface area (Å²) in [6.45, 7) is 5.03. The zero-order chi connectivity index (χ0) is 21.3. The third-order valence-electron chi connectivity index (χ3n) is 3.36. The van der Waals surface area contributed by atoms with Crippen molar-refractivity contribution in [2.75, 3.05) is 10.0 Å². The maximum Gasteiger partial charge on any atom is 0.299 e. The first-order valence-corrected chi connectivity index (χ1v) is 9.86. The zero-order valence-electron chi connectivity index (χ0n) is 15.6. The summed E-state index contributed by atoms with van der Waals surface area (Å²) in [6, 6.07) is 5.21. The number of amides is 1. The third kappa shape index (κ3) is 5.22. The van der Waals surface area contributed by atoms with Crippen LogP contribution in [0.3, 0.4) is 0 Å². The number of nitrogens with one attached hydrogen (secondary N) is 3. The number of nitriles is 1. The number of hydrogen-bond acceptors (Lipinski definition) is 4. The standard InChI is InChI=1S/C17H19ClFN5O3S/c1-17(2,3)23-28(26,27)22-13-9-24(4)15(14(13)18)16(25)21-11-5-6-12(19)10(7-11)8-20/h5-7,9,22-23H,1-4H3,(H,21,25). The molecule has 0 saturated carbocycles. The molecule has 1 aromatic heterocycles. The van der Waals surface area contributed by atoms with E-state index in [0.717, 1.165) is 6.07 Å². The highest BCUT2D eigenvalue weighted by molar-refractivity contribution is 7.90. The molecule has 1 heterocycles. The first-order valence-electron chi connectivity index (χ1n) is 8.00. The summed E-state index contributed by atoms with van der Waals surface area (Å²) in [7, 11) is -2.41. The van der Waals surface area contributed by atoms with Gasteiger partial charge in [0.25, 0.3) is 16.1 Å². The second kappa shape index (κ2) is 7.79. The van der Waals surface area contributed by atoms with Crippen LogP contribution in [0.4, 0.5) is 15.8 Å².